The summed E-state index contributed by atoms with van der Waals surface area (Å²) in [6.07, 6.45) is 0.901. The first-order chi connectivity index (χ1) is 13.1. The Bertz CT molecular complexity index is 873. The second-order valence-electron chi connectivity index (χ2n) is 6.32. The summed E-state index contributed by atoms with van der Waals surface area (Å²) in [5, 5.41) is 14.3. The Kier molecular flexibility index (Phi) is 6.06. The van der Waals surface area contributed by atoms with E-state index in [4.69, 9.17) is 5.73 Å². The molecule has 1 aromatic carbocycles. The number of anilines is 2. The highest BCUT2D eigenvalue weighted by molar-refractivity contribution is 7.14. The summed E-state index contributed by atoms with van der Waals surface area (Å²) in [6, 6.07) is 11.4. The minimum atomic E-state index is -0.548. The molecule has 1 saturated heterocycles. The summed E-state index contributed by atoms with van der Waals surface area (Å²) in [6.45, 7) is 3.36. The quantitative estimate of drug-likeness (QED) is 0.821. The third-order valence-electron chi connectivity index (χ3n) is 4.50. The monoisotopic (exact) mass is 383 g/mol. The van der Waals surface area contributed by atoms with Gasteiger partial charge in [-0.2, -0.15) is 5.26 Å². The molecule has 0 spiro atoms. The number of nitriles is 1. The number of nitrogens with two attached hydrogens (primary N) is 1. The molecule has 1 aliphatic rings. The summed E-state index contributed by atoms with van der Waals surface area (Å²) >= 11 is 1.28. The zero-order chi connectivity index (χ0) is 19.2. The minimum Gasteiger partial charge on any atom is -0.369 e. The van der Waals surface area contributed by atoms with Crippen molar-refractivity contribution in [1.29, 1.82) is 5.26 Å². The molecule has 7 nitrogen and oxygen atoms in total. The molecule has 0 saturated carbocycles. The van der Waals surface area contributed by atoms with E-state index in [1.165, 1.54) is 11.3 Å². The van der Waals surface area contributed by atoms with Crippen LogP contribution >= 0.6 is 11.3 Å². The van der Waals surface area contributed by atoms with E-state index in [2.05, 4.69) is 21.2 Å². The smallest absolute Gasteiger partial charge is 0.251 e. The Labute approximate surface area is 162 Å². The Morgan fingerprint density at radius 1 is 1.19 bits per heavy atom. The molecule has 0 radical (unpaired) electrons. The van der Waals surface area contributed by atoms with Gasteiger partial charge in [0.25, 0.3) is 5.91 Å². The van der Waals surface area contributed by atoms with Crippen LogP contribution in [0.15, 0.2) is 35.7 Å². The summed E-state index contributed by atoms with van der Waals surface area (Å²) in [5.41, 5.74) is 7.26. The lowest BCUT2D eigenvalue weighted by molar-refractivity contribution is -0.117. The van der Waals surface area contributed by atoms with Gasteiger partial charge in [-0.15, -0.1) is 11.3 Å². The molecule has 0 aliphatic carbocycles. The van der Waals surface area contributed by atoms with Crippen LogP contribution in [0, 0.1) is 11.3 Å². The fraction of sp³-hybridized carbons (Fsp3) is 0.316. The van der Waals surface area contributed by atoms with E-state index in [1.807, 2.05) is 24.3 Å². The molecule has 1 aromatic heterocycles. The molecule has 1 aliphatic heterocycles. The normalized spacial score (nSPS) is 15.0. The van der Waals surface area contributed by atoms with Gasteiger partial charge in [-0.25, -0.2) is 0 Å². The number of benzene rings is 1. The molecule has 0 bridgehead atoms. The summed E-state index contributed by atoms with van der Waals surface area (Å²) < 4.78 is 0. The van der Waals surface area contributed by atoms with Crippen LogP contribution in [0.1, 0.15) is 22.3 Å². The second-order valence-corrected chi connectivity index (χ2v) is 7.24. The van der Waals surface area contributed by atoms with E-state index in [1.54, 1.807) is 11.4 Å². The van der Waals surface area contributed by atoms with Crippen molar-refractivity contribution in [2.75, 3.05) is 42.9 Å². The third kappa shape index (κ3) is 4.64. The fourth-order valence-electron chi connectivity index (χ4n) is 3.18. The molecule has 3 rings (SSSR count). The van der Waals surface area contributed by atoms with Gasteiger partial charge in [0.15, 0.2) is 0 Å². The zero-order valence-corrected chi connectivity index (χ0v) is 15.7. The molecule has 140 valence electrons. The third-order valence-corrected chi connectivity index (χ3v) is 5.33. The van der Waals surface area contributed by atoms with Gasteiger partial charge in [-0.3, -0.25) is 14.5 Å². The lowest BCUT2D eigenvalue weighted by atomic mass is 10.1. The maximum Gasteiger partial charge on any atom is 0.251 e. The van der Waals surface area contributed by atoms with Gasteiger partial charge in [0.05, 0.1) is 23.4 Å². The molecule has 2 heterocycles. The highest BCUT2D eigenvalue weighted by Gasteiger charge is 2.20. The van der Waals surface area contributed by atoms with Gasteiger partial charge in [0, 0.05) is 26.2 Å². The summed E-state index contributed by atoms with van der Waals surface area (Å²) in [5.74, 6) is -0.709. The van der Waals surface area contributed by atoms with E-state index in [0.717, 1.165) is 38.3 Å². The highest BCUT2D eigenvalue weighted by atomic mass is 32.1. The van der Waals surface area contributed by atoms with Crippen molar-refractivity contribution in [3.8, 4) is 6.07 Å². The van der Waals surface area contributed by atoms with Crippen molar-refractivity contribution in [3.63, 3.8) is 0 Å². The maximum atomic E-state index is 12.4. The molecule has 3 N–H and O–H groups in total. The second kappa shape index (κ2) is 8.66. The number of carbonyl (C=O) groups is 2. The van der Waals surface area contributed by atoms with Crippen molar-refractivity contribution in [3.05, 3.63) is 46.8 Å². The number of hydrogen-bond donors (Lipinski definition) is 2. The first kappa shape index (κ1) is 18.9. The molecule has 0 atom stereocenters. The highest BCUT2D eigenvalue weighted by Crippen LogP contribution is 2.23. The number of amides is 2. The van der Waals surface area contributed by atoms with Gasteiger partial charge in [0.1, 0.15) is 11.1 Å². The van der Waals surface area contributed by atoms with Gasteiger partial charge < -0.3 is 16.0 Å². The standard InChI is InChI=1S/C19H21N5O2S/c20-12-14-4-1-2-5-16(14)24-8-3-7-23(9-10-24)13-17(25)22-19-15(18(21)26)6-11-27-19/h1-2,4-6,11H,3,7-10,13H2,(H2,21,26)(H,22,25). The summed E-state index contributed by atoms with van der Waals surface area (Å²) in [7, 11) is 0. The van der Waals surface area contributed by atoms with Crippen LogP contribution in [0.5, 0.6) is 0 Å². The number of thiophene rings is 1. The Morgan fingerprint density at radius 2 is 2.00 bits per heavy atom. The SMILES string of the molecule is N#Cc1ccccc1N1CCCN(CC(=O)Nc2sccc2C(N)=O)CC1. The first-order valence-corrected chi connectivity index (χ1v) is 9.60. The van der Waals surface area contributed by atoms with Crippen LogP contribution < -0.4 is 16.0 Å². The van der Waals surface area contributed by atoms with Crippen molar-refractivity contribution in [2.45, 2.75) is 6.42 Å². The van der Waals surface area contributed by atoms with E-state index in [9.17, 15) is 14.9 Å². The number of primary amides is 1. The molecule has 0 unspecified atom stereocenters. The number of para-hydroxylation sites is 1. The fourth-order valence-corrected chi connectivity index (χ4v) is 3.99. The molecule has 2 aromatic rings. The van der Waals surface area contributed by atoms with E-state index in [-0.39, 0.29) is 12.5 Å². The van der Waals surface area contributed by atoms with Gasteiger partial charge in [-0.05, 0) is 30.0 Å². The molecule has 8 heteroatoms. The Morgan fingerprint density at radius 3 is 2.78 bits per heavy atom. The number of rotatable bonds is 5. The molecular weight excluding hydrogens is 362 g/mol. The lowest BCUT2D eigenvalue weighted by Crippen LogP contribution is -2.36. The van der Waals surface area contributed by atoms with Crippen molar-refractivity contribution < 1.29 is 9.59 Å². The first-order valence-electron chi connectivity index (χ1n) is 8.72. The van der Waals surface area contributed by atoms with Crippen molar-refractivity contribution >= 4 is 33.8 Å². The van der Waals surface area contributed by atoms with Crippen LogP contribution in [0.2, 0.25) is 0 Å². The number of carbonyl (C=O) groups excluding carboxylic acids is 2. The Balaban J connectivity index is 1.58. The van der Waals surface area contributed by atoms with Crippen molar-refractivity contribution in [2.24, 2.45) is 5.73 Å². The van der Waals surface area contributed by atoms with E-state index >= 15 is 0 Å². The molecular formula is C19H21N5O2S. The predicted octanol–water partition coefficient (Wildman–Crippen LogP) is 1.87. The minimum absolute atomic E-state index is 0.161. The number of hydrogen-bond acceptors (Lipinski definition) is 6. The topological polar surface area (TPSA) is 102 Å². The predicted molar refractivity (Wildman–Crippen MR) is 106 cm³/mol. The maximum absolute atomic E-state index is 12.4. The van der Waals surface area contributed by atoms with E-state index in [0.29, 0.717) is 16.1 Å². The number of nitrogens with zero attached hydrogens (tertiary/aromatic N) is 3. The van der Waals surface area contributed by atoms with Crippen LogP contribution in [-0.2, 0) is 4.79 Å². The summed E-state index contributed by atoms with van der Waals surface area (Å²) in [4.78, 5) is 28.0. The van der Waals surface area contributed by atoms with Crippen LogP contribution in [0.3, 0.4) is 0 Å². The zero-order valence-electron chi connectivity index (χ0n) is 14.9. The van der Waals surface area contributed by atoms with E-state index < -0.39 is 5.91 Å². The molecule has 27 heavy (non-hydrogen) atoms. The molecule has 1 fully saturated rings. The van der Waals surface area contributed by atoms with Crippen LogP contribution in [0.25, 0.3) is 0 Å². The average Bonchev–Trinajstić information content (AvgIpc) is 3.00. The average molecular weight is 383 g/mol. The largest absolute Gasteiger partial charge is 0.369 e. The number of nitrogens with one attached hydrogen (secondary N) is 1. The lowest BCUT2D eigenvalue weighted by Gasteiger charge is -2.24. The Hall–Kier alpha value is -2.89. The van der Waals surface area contributed by atoms with Crippen LogP contribution in [0.4, 0.5) is 10.7 Å². The van der Waals surface area contributed by atoms with Gasteiger partial charge in [-0.1, -0.05) is 12.1 Å². The van der Waals surface area contributed by atoms with Crippen LogP contribution in [-0.4, -0.2) is 49.4 Å². The molecule has 2 amide bonds. The van der Waals surface area contributed by atoms with Gasteiger partial charge in [0.2, 0.25) is 5.91 Å². The van der Waals surface area contributed by atoms with Crippen molar-refractivity contribution in [1.82, 2.24) is 4.90 Å². The van der Waals surface area contributed by atoms with Gasteiger partial charge >= 0.3 is 0 Å².